The van der Waals surface area contributed by atoms with E-state index in [-0.39, 0.29) is 12.8 Å². The normalized spacial score (nSPS) is 14.8. The standard InChI is InChI=1S/C11H11N3O4/c1-13(8-3-2-6-12-7-8)11(17)18-14-9(15)4-5-10(14)16/h2-3,6-7H,4-5H2,1H3. The number of imide groups is 1. The van der Waals surface area contributed by atoms with Crippen molar-refractivity contribution in [3.63, 3.8) is 0 Å². The van der Waals surface area contributed by atoms with Crippen LogP contribution in [0.3, 0.4) is 0 Å². The van der Waals surface area contributed by atoms with Gasteiger partial charge >= 0.3 is 6.09 Å². The average Bonchev–Trinajstić information content (AvgIpc) is 2.70. The van der Waals surface area contributed by atoms with Crippen molar-refractivity contribution < 1.29 is 19.2 Å². The highest BCUT2D eigenvalue weighted by Crippen LogP contribution is 2.15. The van der Waals surface area contributed by atoms with Gasteiger partial charge in [0.2, 0.25) is 0 Å². The smallest absolute Gasteiger partial charge is 0.310 e. The van der Waals surface area contributed by atoms with Crippen molar-refractivity contribution in [2.75, 3.05) is 11.9 Å². The molecule has 0 saturated carbocycles. The quantitative estimate of drug-likeness (QED) is 0.721. The molecule has 94 valence electrons. The third-order valence-electron chi connectivity index (χ3n) is 2.48. The van der Waals surface area contributed by atoms with E-state index in [2.05, 4.69) is 4.98 Å². The van der Waals surface area contributed by atoms with E-state index in [0.717, 1.165) is 4.90 Å². The van der Waals surface area contributed by atoms with Crippen LogP contribution in [-0.2, 0) is 14.4 Å². The Morgan fingerprint density at radius 2 is 2.06 bits per heavy atom. The lowest BCUT2D eigenvalue weighted by atomic mass is 10.4. The van der Waals surface area contributed by atoms with Crippen LogP contribution in [0.2, 0.25) is 0 Å². The lowest BCUT2D eigenvalue weighted by Crippen LogP contribution is -2.38. The zero-order valence-corrected chi connectivity index (χ0v) is 9.70. The number of hydroxylamine groups is 2. The summed E-state index contributed by atoms with van der Waals surface area (Å²) in [6.07, 6.45) is 2.36. The second-order valence-corrected chi connectivity index (χ2v) is 3.71. The predicted molar refractivity (Wildman–Crippen MR) is 60.2 cm³/mol. The summed E-state index contributed by atoms with van der Waals surface area (Å²) in [4.78, 5) is 44.0. The molecule has 0 radical (unpaired) electrons. The van der Waals surface area contributed by atoms with Gasteiger partial charge < -0.3 is 4.84 Å². The number of rotatable bonds is 2. The molecule has 1 fully saturated rings. The Labute approximate surface area is 103 Å². The molecule has 1 aromatic rings. The molecule has 3 amide bonds. The number of anilines is 1. The Morgan fingerprint density at radius 3 is 2.61 bits per heavy atom. The van der Waals surface area contributed by atoms with Crippen LogP contribution in [-0.4, -0.2) is 35.0 Å². The molecule has 2 rings (SSSR count). The van der Waals surface area contributed by atoms with E-state index in [4.69, 9.17) is 4.84 Å². The van der Waals surface area contributed by atoms with E-state index in [1.54, 1.807) is 18.3 Å². The van der Waals surface area contributed by atoms with Crippen LogP contribution in [0.25, 0.3) is 0 Å². The lowest BCUT2D eigenvalue weighted by molar-refractivity contribution is -0.170. The molecule has 0 aromatic carbocycles. The van der Waals surface area contributed by atoms with Crippen LogP contribution in [0.4, 0.5) is 10.5 Å². The van der Waals surface area contributed by atoms with E-state index in [0.29, 0.717) is 10.8 Å². The van der Waals surface area contributed by atoms with E-state index in [9.17, 15) is 14.4 Å². The highest BCUT2D eigenvalue weighted by Gasteiger charge is 2.33. The summed E-state index contributed by atoms with van der Waals surface area (Å²) >= 11 is 0. The molecule has 2 heterocycles. The van der Waals surface area contributed by atoms with Crippen LogP contribution < -0.4 is 4.90 Å². The van der Waals surface area contributed by atoms with Crippen molar-refractivity contribution in [1.82, 2.24) is 10.0 Å². The maximum atomic E-state index is 11.7. The number of nitrogens with zero attached hydrogens (tertiary/aromatic N) is 3. The van der Waals surface area contributed by atoms with Crippen LogP contribution >= 0.6 is 0 Å². The van der Waals surface area contributed by atoms with Gasteiger partial charge in [-0.1, -0.05) is 0 Å². The molecule has 18 heavy (non-hydrogen) atoms. The first-order valence-electron chi connectivity index (χ1n) is 5.31. The van der Waals surface area contributed by atoms with Gasteiger partial charge in [0.25, 0.3) is 11.8 Å². The maximum Gasteiger partial charge on any atom is 0.439 e. The summed E-state index contributed by atoms with van der Waals surface area (Å²) in [5.41, 5.74) is 0.501. The minimum Gasteiger partial charge on any atom is -0.310 e. The van der Waals surface area contributed by atoms with Crippen LogP contribution in [0.1, 0.15) is 12.8 Å². The van der Waals surface area contributed by atoms with Crippen molar-refractivity contribution in [1.29, 1.82) is 0 Å². The molecule has 0 unspecified atom stereocenters. The zero-order chi connectivity index (χ0) is 13.1. The summed E-state index contributed by atoms with van der Waals surface area (Å²) < 4.78 is 0. The van der Waals surface area contributed by atoms with Crippen molar-refractivity contribution in [3.8, 4) is 0 Å². The molecule has 0 aliphatic carbocycles. The van der Waals surface area contributed by atoms with E-state index in [1.807, 2.05) is 0 Å². The fraction of sp³-hybridized carbons (Fsp3) is 0.273. The van der Waals surface area contributed by atoms with E-state index in [1.165, 1.54) is 13.2 Å². The highest BCUT2D eigenvalue weighted by molar-refractivity contribution is 6.02. The number of aromatic nitrogens is 1. The minimum atomic E-state index is -0.813. The van der Waals surface area contributed by atoms with Gasteiger partial charge in [-0.05, 0) is 12.1 Å². The Hall–Kier alpha value is -2.44. The molecular weight excluding hydrogens is 238 g/mol. The van der Waals surface area contributed by atoms with E-state index >= 15 is 0 Å². The molecular formula is C11H11N3O4. The monoisotopic (exact) mass is 249 g/mol. The number of pyridine rings is 1. The van der Waals surface area contributed by atoms with Gasteiger partial charge in [0.05, 0.1) is 11.9 Å². The molecule has 0 atom stereocenters. The maximum absolute atomic E-state index is 11.7. The average molecular weight is 249 g/mol. The zero-order valence-electron chi connectivity index (χ0n) is 9.70. The van der Waals surface area contributed by atoms with Gasteiger partial charge in [-0.2, -0.15) is 0 Å². The summed E-state index contributed by atoms with van der Waals surface area (Å²) in [5.74, 6) is -1.01. The molecule has 7 nitrogen and oxygen atoms in total. The molecule has 1 aliphatic heterocycles. The lowest BCUT2D eigenvalue weighted by Gasteiger charge is -2.19. The van der Waals surface area contributed by atoms with Crippen LogP contribution in [0, 0.1) is 0 Å². The minimum absolute atomic E-state index is 0.0721. The Kier molecular flexibility index (Phi) is 3.22. The summed E-state index contributed by atoms with van der Waals surface area (Å²) in [7, 11) is 1.46. The van der Waals surface area contributed by atoms with Gasteiger partial charge in [-0.3, -0.25) is 19.5 Å². The Bertz CT molecular complexity index is 472. The van der Waals surface area contributed by atoms with Crippen molar-refractivity contribution in [2.45, 2.75) is 12.8 Å². The number of amides is 3. The molecule has 7 heteroatoms. The summed E-state index contributed by atoms with van der Waals surface area (Å²) in [5, 5.41) is 0.509. The van der Waals surface area contributed by atoms with Gasteiger partial charge in [0, 0.05) is 26.1 Å². The van der Waals surface area contributed by atoms with Crippen molar-refractivity contribution in [3.05, 3.63) is 24.5 Å². The fourth-order valence-electron chi connectivity index (χ4n) is 1.45. The van der Waals surface area contributed by atoms with E-state index < -0.39 is 17.9 Å². The highest BCUT2D eigenvalue weighted by atomic mass is 16.7. The molecule has 1 aromatic heterocycles. The number of carbonyl (C=O) groups is 3. The molecule has 0 bridgehead atoms. The second kappa shape index (κ2) is 4.82. The summed E-state index contributed by atoms with van der Waals surface area (Å²) in [6, 6.07) is 3.31. The molecule has 0 N–H and O–H groups in total. The van der Waals surface area contributed by atoms with Crippen LogP contribution in [0.15, 0.2) is 24.5 Å². The van der Waals surface area contributed by atoms with Gasteiger partial charge in [0.15, 0.2) is 0 Å². The topological polar surface area (TPSA) is 79.8 Å². The Morgan fingerprint density at radius 1 is 1.39 bits per heavy atom. The first-order valence-corrected chi connectivity index (χ1v) is 5.31. The largest absolute Gasteiger partial charge is 0.439 e. The molecule has 1 saturated heterocycles. The first kappa shape index (κ1) is 12.0. The third-order valence-corrected chi connectivity index (χ3v) is 2.48. The molecule has 0 spiro atoms. The fourth-order valence-corrected chi connectivity index (χ4v) is 1.45. The second-order valence-electron chi connectivity index (χ2n) is 3.71. The number of carbonyl (C=O) groups excluding carboxylic acids is 3. The van der Waals surface area contributed by atoms with Gasteiger partial charge in [0.1, 0.15) is 0 Å². The van der Waals surface area contributed by atoms with Gasteiger partial charge in [-0.25, -0.2) is 4.79 Å². The SMILES string of the molecule is CN(C(=O)ON1C(=O)CCC1=O)c1cccnc1. The van der Waals surface area contributed by atoms with Crippen molar-refractivity contribution >= 4 is 23.6 Å². The third kappa shape index (κ3) is 2.29. The summed E-state index contributed by atoms with van der Waals surface area (Å²) in [6.45, 7) is 0. The molecule has 1 aliphatic rings. The number of hydrogen-bond acceptors (Lipinski definition) is 5. The predicted octanol–water partition coefficient (Wildman–Crippen LogP) is 0.718. The van der Waals surface area contributed by atoms with Gasteiger partial charge in [-0.15, -0.1) is 5.06 Å². The number of hydrogen-bond donors (Lipinski definition) is 0. The Balaban J connectivity index is 2.04. The first-order chi connectivity index (χ1) is 8.59. The van der Waals surface area contributed by atoms with Crippen LogP contribution in [0.5, 0.6) is 0 Å². The van der Waals surface area contributed by atoms with Crippen molar-refractivity contribution in [2.24, 2.45) is 0 Å².